The van der Waals surface area contributed by atoms with Gasteiger partial charge in [0, 0.05) is 5.56 Å². The second kappa shape index (κ2) is 5.09. The molecule has 0 amide bonds. The number of anilines is 1. The molecule has 21 heavy (non-hydrogen) atoms. The van der Waals surface area contributed by atoms with Crippen molar-refractivity contribution < 1.29 is 4.52 Å². The van der Waals surface area contributed by atoms with E-state index in [1.807, 2.05) is 18.2 Å². The van der Waals surface area contributed by atoms with Crippen molar-refractivity contribution in [2.24, 2.45) is 0 Å². The van der Waals surface area contributed by atoms with E-state index in [0.29, 0.717) is 5.88 Å². The summed E-state index contributed by atoms with van der Waals surface area (Å²) >= 11 is 0. The third-order valence-corrected chi connectivity index (χ3v) is 3.74. The summed E-state index contributed by atoms with van der Waals surface area (Å²) in [6.45, 7) is 6.21. The summed E-state index contributed by atoms with van der Waals surface area (Å²) in [6.07, 6.45) is 0. The summed E-state index contributed by atoms with van der Waals surface area (Å²) in [5.41, 5.74) is 13.4. The third kappa shape index (κ3) is 2.31. The van der Waals surface area contributed by atoms with E-state index in [9.17, 15) is 0 Å². The fourth-order valence-corrected chi connectivity index (χ4v) is 2.74. The first-order valence-electron chi connectivity index (χ1n) is 6.96. The molecule has 2 aromatic carbocycles. The van der Waals surface area contributed by atoms with Gasteiger partial charge in [0.15, 0.2) is 0 Å². The molecule has 0 radical (unpaired) electrons. The molecule has 1 heterocycles. The molecule has 1 aromatic heterocycles. The van der Waals surface area contributed by atoms with Crippen LogP contribution in [0.25, 0.3) is 22.4 Å². The lowest BCUT2D eigenvalue weighted by molar-refractivity contribution is 0.439. The van der Waals surface area contributed by atoms with E-state index < -0.39 is 0 Å². The van der Waals surface area contributed by atoms with Gasteiger partial charge in [-0.2, -0.15) is 0 Å². The smallest absolute Gasteiger partial charge is 0.230 e. The summed E-state index contributed by atoms with van der Waals surface area (Å²) in [5.74, 6) is 0.359. The lowest BCUT2D eigenvalue weighted by Crippen LogP contribution is -1.92. The first kappa shape index (κ1) is 13.4. The van der Waals surface area contributed by atoms with Gasteiger partial charge in [-0.05, 0) is 37.5 Å². The largest absolute Gasteiger partial charge is 0.367 e. The molecule has 0 saturated carbocycles. The van der Waals surface area contributed by atoms with Crippen molar-refractivity contribution in [2.45, 2.75) is 20.8 Å². The highest BCUT2D eigenvalue weighted by molar-refractivity contribution is 5.88. The van der Waals surface area contributed by atoms with Crippen molar-refractivity contribution in [3.8, 4) is 22.4 Å². The number of nitrogens with two attached hydrogens (primary N) is 1. The van der Waals surface area contributed by atoms with Gasteiger partial charge in [0.1, 0.15) is 5.69 Å². The minimum Gasteiger partial charge on any atom is -0.367 e. The van der Waals surface area contributed by atoms with Gasteiger partial charge in [-0.15, -0.1) is 0 Å². The standard InChI is InChI=1S/C18H18N2O/c1-11-6-4-9-14(10-11)16-17(20-21-18(16)19)15-12(2)7-5-8-13(15)3/h4-10H,19H2,1-3H3. The monoisotopic (exact) mass is 278 g/mol. The average Bonchev–Trinajstić information content (AvgIpc) is 2.80. The number of aromatic nitrogens is 1. The van der Waals surface area contributed by atoms with E-state index in [2.05, 4.69) is 50.2 Å². The first-order valence-corrected chi connectivity index (χ1v) is 6.96. The summed E-state index contributed by atoms with van der Waals surface area (Å²) < 4.78 is 5.28. The maximum atomic E-state index is 6.03. The predicted octanol–water partition coefficient (Wildman–Crippen LogP) is 4.52. The van der Waals surface area contributed by atoms with Crippen LogP contribution in [-0.2, 0) is 0 Å². The molecule has 0 aliphatic rings. The second-order valence-electron chi connectivity index (χ2n) is 5.41. The van der Waals surface area contributed by atoms with Crippen LogP contribution in [0.4, 0.5) is 5.88 Å². The van der Waals surface area contributed by atoms with Crippen molar-refractivity contribution >= 4 is 5.88 Å². The highest BCUT2D eigenvalue weighted by atomic mass is 16.5. The van der Waals surface area contributed by atoms with E-state index in [0.717, 1.165) is 33.5 Å². The highest BCUT2D eigenvalue weighted by Gasteiger charge is 2.20. The van der Waals surface area contributed by atoms with Gasteiger partial charge in [-0.1, -0.05) is 53.2 Å². The fraction of sp³-hybridized carbons (Fsp3) is 0.167. The Hall–Kier alpha value is -2.55. The van der Waals surface area contributed by atoms with Gasteiger partial charge < -0.3 is 10.3 Å². The number of aryl methyl sites for hydroxylation is 3. The van der Waals surface area contributed by atoms with Crippen LogP contribution in [0.15, 0.2) is 47.0 Å². The molecule has 106 valence electrons. The van der Waals surface area contributed by atoms with Gasteiger partial charge in [0.2, 0.25) is 5.88 Å². The maximum absolute atomic E-state index is 6.03. The fourth-order valence-electron chi connectivity index (χ4n) is 2.74. The molecule has 0 aliphatic heterocycles. The molecule has 0 aliphatic carbocycles. The average molecular weight is 278 g/mol. The Morgan fingerprint density at radius 3 is 2.24 bits per heavy atom. The van der Waals surface area contributed by atoms with Crippen molar-refractivity contribution in [2.75, 3.05) is 5.73 Å². The molecule has 3 aromatic rings. The van der Waals surface area contributed by atoms with Crippen LogP contribution >= 0.6 is 0 Å². The number of benzene rings is 2. The number of nitrogen functional groups attached to an aromatic ring is 1. The van der Waals surface area contributed by atoms with Crippen LogP contribution in [0.5, 0.6) is 0 Å². The van der Waals surface area contributed by atoms with Crippen molar-refractivity contribution in [3.63, 3.8) is 0 Å². The minimum atomic E-state index is 0.359. The summed E-state index contributed by atoms with van der Waals surface area (Å²) in [7, 11) is 0. The quantitative estimate of drug-likeness (QED) is 0.750. The topological polar surface area (TPSA) is 52.0 Å². The highest BCUT2D eigenvalue weighted by Crippen LogP contribution is 2.38. The third-order valence-electron chi connectivity index (χ3n) is 3.74. The summed E-state index contributed by atoms with van der Waals surface area (Å²) in [4.78, 5) is 0. The lowest BCUT2D eigenvalue weighted by Gasteiger charge is -2.09. The Morgan fingerprint density at radius 2 is 1.57 bits per heavy atom. The molecule has 3 rings (SSSR count). The predicted molar refractivity (Wildman–Crippen MR) is 86.0 cm³/mol. The second-order valence-corrected chi connectivity index (χ2v) is 5.41. The zero-order valence-electron chi connectivity index (χ0n) is 12.5. The van der Waals surface area contributed by atoms with Crippen LogP contribution in [0.2, 0.25) is 0 Å². The summed E-state index contributed by atoms with van der Waals surface area (Å²) in [6, 6.07) is 14.4. The van der Waals surface area contributed by atoms with Crippen LogP contribution in [-0.4, -0.2) is 5.16 Å². The Bertz CT molecular complexity index is 782. The van der Waals surface area contributed by atoms with Gasteiger partial charge in [-0.3, -0.25) is 0 Å². The Balaban J connectivity index is 2.27. The Kier molecular flexibility index (Phi) is 3.26. The maximum Gasteiger partial charge on any atom is 0.230 e. The van der Waals surface area contributed by atoms with E-state index in [1.54, 1.807) is 0 Å². The van der Waals surface area contributed by atoms with Gasteiger partial charge in [0.05, 0.1) is 5.56 Å². The zero-order valence-corrected chi connectivity index (χ0v) is 12.5. The van der Waals surface area contributed by atoms with Crippen LogP contribution < -0.4 is 5.73 Å². The number of rotatable bonds is 2. The molecule has 3 nitrogen and oxygen atoms in total. The molecule has 0 atom stereocenters. The SMILES string of the molecule is Cc1cccc(-c2c(-c3c(C)cccc3C)noc2N)c1. The molecule has 0 spiro atoms. The number of hydrogen-bond acceptors (Lipinski definition) is 3. The molecule has 2 N–H and O–H groups in total. The van der Waals surface area contributed by atoms with Gasteiger partial charge in [0.25, 0.3) is 0 Å². The Morgan fingerprint density at radius 1 is 0.905 bits per heavy atom. The first-order chi connectivity index (χ1) is 10.1. The van der Waals surface area contributed by atoms with E-state index in [-0.39, 0.29) is 0 Å². The summed E-state index contributed by atoms with van der Waals surface area (Å²) in [5, 5.41) is 4.21. The molecule has 0 unspecified atom stereocenters. The van der Waals surface area contributed by atoms with Crippen molar-refractivity contribution in [1.82, 2.24) is 5.16 Å². The lowest BCUT2D eigenvalue weighted by atomic mass is 9.94. The van der Waals surface area contributed by atoms with Crippen LogP contribution in [0.1, 0.15) is 16.7 Å². The number of nitrogens with zero attached hydrogens (tertiary/aromatic N) is 1. The van der Waals surface area contributed by atoms with Crippen LogP contribution in [0, 0.1) is 20.8 Å². The Labute approximate surface area is 124 Å². The van der Waals surface area contributed by atoms with E-state index in [1.165, 1.54) is 5.56 Å². The zero-order chi connectivity index (χ0) is 15.0. The minimum absolute atomic E-state index is 0.359. The molecule has 3 heteroatoms. The van der Waals surface area contributed by atoms with Crippen molar-refractivity contribution in [1.29, 1.82) is 0 Å². The molecular weight excluding hydrogens is 260 g/mol. The molecule has 0 saturated heterocycles. The van der Waals surface area contributed by atoms with Gasteiger partial charge in [-0.25, -0.2) is 0 Å². The molecule has 0 fully saturated rings. The molecule has 0 bridgehead atoms. The van der Waals surface area contributed by atoms with Crippen molar-refractivity contribution in [3.05, 3.63) is 59.2 Å². The van der Waals surface area contributed by atoms with Gasteiger partial charge >= 0.3 is 0 Å². The van der Waals surface area contributed by atoms with Crippen LogP contribution in [0.3, 0.4) is 0 Å². The van der Waals surface area contributed by atoms with E-state index >= 15 is 0 Å². The number of hydrogen-bond donors (Lipinski definition) is 1. The normalized spacial score (nSPS) is 10.8. The van der Waals surface area contributed by atoms with E-state index in [4.69, 9.17) is 10.3 Å². The molecular formula is C18H18N2O.